The zero-order valence-corrected chi connectivity index (χ0v) is 17.5. The second kappa shape index (κ2) is 9.15. The summed E-state index contributed by atoms with van der Waals surface area (Å²) in [7, 11) is 0. The summed E-state index contributed by atoms with van der Waals surface area (Å²) in [5, 5.41) is 7.56. The van der Waals surface area contributed by atoms with Crippen molar-refractivity contribution in [3.8, 4) is 5.69 Å². The maximum Gasteiger partial charge on any atom is 0.239 e. The molecule has 8 nitrogen and oxygen atoms in total. The minimum atomic E-state index is -0.210. The monoisotopic (exact) mass is 434 g/mol. The van der Waals surface area contributed by atoms with Crippen LogP contribution in [0.15, 0.2) is 30.9 Å². The summed E-state index contributed by atoms with van der Waals surface area (Å²) in [4.78, 5) is 33.6. The Kier molecular flexibility index (Phi) is 6.37. The van der Waals surface area contributed by atoms with Crippen LogP contribution >= 0.6 is 23.4 Å². The van der Waals surface area contributed by atoms with Crippen molar-refractivity contribution in [1.82, 2.24) is 24.6 Å². The number of rotatable bonds is 5. The summed E-state index contributed by atoms with van der Waals surface area (Å²) in [6, 6.07) is 5.00. The zero-order chi connectivity index (χ0) is 20.2. The van der Waals surface area contributed by atoms with Crippen LogP contribution < -0.4 is 5.32 Å². The molecule has 1 unspecified atom stereocenters. The average Bonchev–Trinajstić information content (AvgIpc) is 3.40. The van der Waals surface area contributed by atoms with Crippen LogP contribution in [0.5, 0.6) is 0 Å². The number of nitrogens with one attached hydrogen (secondary N) is 1. The van der Waals surface area contributed by atoms with Crippen LogP contribution in [-0.4, -0.2) is 80.1 Å². The molecule has 1 aromatic carbocycles. The molecule has 0 radical (unpaired) electrons. The molecule has 2 amide bonds. The van der Waals surface area contributed by atoms with Gasteiger partial charge < -0.3 is 10.2 Å². The van der Waals surface area contributed by atoms with Gasteiger partial charge in [0.1, 0.15) is 12.7 Å². The van der Waals surface area contributed by atoms with Gasteiger partial charge in [0, 0.05) is 29.6 Å². The number of carbonyl (C=O) groups is 2. The van der Waals surface area contributed by atoms with E-state index < -0.39 is 0 Å². The van der Waals surface area contributed by atoms with Crippen molar-refractivity contribution in [3.05, 3.63) is 35.9 Å². The predicted octanol–water partition coefficient (Wildman–Crippen LogP) is 1.90. The Hall–Kier alpha value is -2.10. The first kappa shape index (κ1) is 20.2. The first-order valence-electron chi connectivity index (χ1n) is 9.67. The molecule has 2 aliphatic rings. The van der Waals surface area contributed by atoms with Crippen LogP contribution in [0.4, 0.5) is 5.69 Å². The van der Waals surface area contributed by atoms with Gasteiger partial charge in [0.15, 0.2) is 0 Å². The third-order valence-electron chi connectivity index (χ3n) is 5.22. The van der Waals surface area contributed by atoms with Crippen molar-refractivity contribution in [2.75, 3.05) is 43.0 Å². The predicted molar refractivity (Wildman–Crippen MR) is 113 cm³/mol. The highest BCUT2D eigenvalue weighted by atomic mass is 35.5. The molecule has 4 rings (SSSR count). The molecule has 29 heavy (non-hydrogen) atoms. The SMILES string of the molecule is O=C(CN1CCCC1C(=O)N1CCSCC1)Nc1cc(Cl)ccc1-n1cncn1. The molecule has 0 spiro atoms. The zero-order valence-electron chi connectivity index (χ0n) is 16.0. The summed E-state index contributed by atoms with van der Waals surface area (Å²) in [5.41, 5.74) is 1.24. The number of likely N-dealkylation sites (tertiary alicyclic amines) is 1. The summed E-state index contributed by atoms with van der Waals surface area (Å²) in [5.74, 6) is 1.95. The number of anilines is 1. The number of benzene rings is 1. The Labute approximate surface area is 178 Å². The van der Waals surface area contributed by atoms with Gasteiger partial charge in [0.05, 0.1) is 24.0 Å². The van der Waals surface area contributed by atoms with Crippen LogP contribution in [0, 0.1) is 0 Å². The third-order valence-corrected chi connectivity index (χ3v) is 6.39. The molecule has 2 aromatic rings. The lowest BCUT2D eigenvalue weighted by atomic mass is 10.2. The van der Waals surface area contributed by atoms with E-state index in [9.17, 15) is 9.59 Å². The van der Waals surface area contributed by atoms with E-state index in [1.807, 2.05) is 21.6 Å². The van der Waals surface area contributed by atoms with Crippen molar-refractivity contribution in [2.45, 2.75) is 18.9 Å². The van der Waals surface area contributed by atoms with Crippen LogP contribution in [0.2, 0.25) is 5.02 Å². The number of nitrogens with zero attached hydrogens (tertiary/aromatic N) is 5. The number of thioether (sulfide) groups is 1. The van der Waals surface area contributed by atoms with Crippen molar-refractivity contribution in [2.24, 2.45) is 0 Å². The standard InChI is InChI=1S/C19H23ClN6O2S/c20-14-3-4-16(26-13-21-12-22-26)15(10-14)23-18(27)11-25-5-1-2-17(25)19(28)24-6-8-29-9-7-24/h3-4,10,12-13,17H,1-2,5-9,11H2,(H,23,27). The van der Waals surface area contributed by atoms with Gasteiger partial charge in [-0.3, -0.25) is 14.5 Å². The summed E-state index contributed by atoms with van der Waals surface area (Å²) >= 11 is 8.00. The fourth-order valence-electron chi connectivity index (χ4n) is 3.80. The Balaban J connectivity index is 1.43. The second-order valence-corrected chi connectivity index (χ2v) is 8.78. The summed E-state index contributed by atoms with van der Waals surface area (Å²) in [6.07, 6.45) is 4.72. The molecular weight excluding hydrogens is 412 g/mol. The van der Waals surface area contributed by atoms with Gasteiger partial charge in [0.25, 0.3) is 0 Å². The number of hydrogen-bond acceptors (Lipinski definition) is 6. The lowest BCUT2D eigenvalue weighted by molar-refractivity contribution is -0.136. The minimum Gasteiger partial charge on any atom is -0.340 e. The molecule has 1 aromatic heterocycles. The highest BCUT2D eigenvalue weighted by Gasteiger charge is 2.35. The highest BCUT2D eigenvalue weighted by Crippen LogP contribution is 2.25. The molecule has 154 valence electrons. The average molecular weight is 435 g/mol. The quantitative estimate of drug-likeness (QED) is 0.773. The van der Waals surface area contributed by atoms with Crippen LogP contribution in [0.25, 0.3) is 5.69 Å². The number of halogens is 1. The van der Waals surface area contributed by atoms with Gasteiger partial charge in [-0.05, 0) is 37.6 Å². The summed E-state index contributed by atoms with van der Waals surface area (Å²) < 4.78 is 1.57. The molecule has 2 fully saturated rings. The first-order chi connectivity index (χ1) is 14.1. The summed E-state index contributed by atoms with van der Waals surface area (Å²) in [6.45, 7) is 2.51. The lowest BCUT2D eigenvalue weighted by Crippen LogP contribution is -2.49. The molecule has 0 bridgehead atoms. The van der Waals surface area contributed by atoms with Crippen LogP contribution in [0.1, 0.15) is 12.8 Å². The molecule has 0 aliphatic carbocycles. The van der Waals surface area contributed by atoms with Gasteiger partial charge in [-0.25, -0.2) is 9.67 Å². The second-order valence-electron chi connectivity index (χ2n) is 7.12. The number of amides is 2. The van der Waals surface area contributed by atoms with E-state index >= 15 is 0 Å². The largest absolute Gasteiger partial charge is 0.340 e. The van der Waals surface area contributed by atoms with E-state index in [1.54, 1.807) is 29.2 Å². The third kappa shape index (κ3) is 4.73. The van der Waals surface area contributed by atoms with E-state index in [-0.39, 0.29) is 24.4 Å². The van der Waals surface area contributed by atoms with E-state index in [4.69, 9.17) is 11.6 Å². The van der Waals surface area contributed by atoms with Crippen LogP contribution in [0.3, 0.4) is 0 Å². The topological polar surface area (TPSA) is 83.4 Å². The van der Waals surface area contributed by atoms with Gasteiger partial charge in [0.2, 0.25) is 11.8 Å². The van der Waals surface area contributed by atoms with Gasteiger partial charge >= 0.3 is 0 Å². The Bertz CT molecular complexity index is 872. The van der Waals surface area contributed by atoms with Crippen molar-refractivity contribution in [3.63, 3.8) is 0 Å². The normalized spacial score (nSPS) is 20.0. The Morgan fingerprint density at radius 2 is 2.07 bits per heavy atom. The van der Waals surface area contributed by atoms with E-state index in [0.717, 1.165) is 44.0 Å². The van der Waals surface area contributed by atoms with Gasteiger partial charge in [-0.15, -0.1) is 0 Å². The fraction of sp³-hybridized carbons (Fsp3) is 0.474. The molecule has 10 heteroatoms. The Morgan fingerprint density at radius 3 is 2.83 bits per heavy atom. The Morgan fingerprint density at radius 1 is 1.24 bits per heavy atom. The molecule has 2 aliphatic heterocycles. The maximum absolute atomic E-state index is 12.9. The highest BCUT2D eigenvalue weighted by molar-refractivity contribution is 7.99. The number of carbonyl (C=O) groups excluding carboxylic acids is 2. The first-order valence-corrected chi connectivity index (χ1v) is 11.2. The minimum absolute atomic E-state index is 0.154. The van der Waals surface area contributed by atoms with Crippen molar-refractivity contribution in [1.29, 1.82) is 0 Å². The van der Waals surface area contributed by atoms with Crippen molar-refractivity contribution < 1.29 is 9.59 Å². The molecule has 1 atom stereocenters. The van der Waals surface area contributed by atoms with E-state index in [2.05, 4.69) is 15.4 Å². The van der Waals surface area contributed by atoms with E-state index in [0.29, 0.717) is 16.4 Å². The number of hydrogen-bond donors (Lipinski definition) is 1. The van der Waals surface area contributed by atoms with Gasteiger partial charge in [-0.2, -0.15) is 16.9 Å². The molecule has 1 N–H and O–H groups in total. The fourth-order valence-corrected chi connectivity index (χ4v) is 4.88. The lowest BCUT2D eigenvalue weighted by Gasteiger charge is -2.32. The molecule has 2 saturated heterocycles. The van der Waals surface area contributed by atoms with Crippen LogP contribution in [-0.2, 0) is 9.59 Å². The molecule has 0 saturated carbocycles. The number of aromatic nitrogens is 3. The van der Waals surface area contributed by atoms with E-state index in [1.165, 1.54) is 6.33 Å². The van der Waals surface area contributed by atoms with Crippen molar-refractivity contribution >= 4 is 40.9 Å². The smallest absolute Gasteiger partial charge is 0.239 e. The molecular formula is C19H23ClN6O2S. The molecule has 3 heterocycles. The van der Waals surface area contributed by atoms with Gasteiger partial charge in [-0.1, -0.05) is 11.6 Å². The maximum atomic E-state index is 12.9.